The van der Waals surface area contributed by atoms with Crippen LogP contribution in [0.1, 0.15) is 51.5 Å². The number of carbonyl (C=O) groups is 1. The van der Waals surface area contributed by atoms with Gasteiger partial charge in [-0.25, -0.2) is 4.79 Å². The fraction of sp³-hybridized carbons (Fsp3) is 0.632. The summed E-state index contributed by atoms with van der Waals surface area (Å²) in [5.41, 5.74) is 1.72. The van der Waals surface area contributed by atoms with Gasteiger partial charge in [0.25, 0.3) is 0 Å². The third-order valence-electron chi connectivity index (χ3n) is 4.48. The van der Waals surface area contributed by atoms with Gasteiger partial charge in [-0.15, -0.1) is 0 Å². The van der Waals surface area contributed by atoms with Crippen LogP contribution < -0.4 is 15.4 Å². The van der Waals surface area contributed by atoms with Gasteiger partial charge < -0.3 is 20.5 Å². The summed E-state index contributed by atoms with van der Waals surface area (Å²) in [6.07, 6.45) is 5.30. The van der Waals surface area contributed by atoms with Crippen LogP contribution in [-0.2, 0) is 0 Å². The van der Waals surface area contributed by atoms with E-state index in [-0.39, 0.29) is 18.1 Å². The second kappa shape index (κ2) is 8.92. The molecule has 0 heterocycles. The number of carbonyl (C=O) groups excluding carboxylic acids is 1. The highest BCUT2D eigenvalue weighted by molar-refractivity contribution is 5.90. The normalized spacial score (nSPS) is 17.3. The van der Waals surface area contributed by atoms with Crippen LogP contribution in [0.4, 0.5) is 10.5 Å². The Balaban J connectivity index is 1.88. The number of benzene rings is 1. The van der Waals surface area contributed by atoms with Crippen LogP contribution in [0.5, 0.6) is 5.75 Å². The lowest BCUT2D eigenvalue weighted by molar-refractivity contribution is 0.163. The Morgan fingerprint density at radius 1 is 1.33 bits per heavy atom. The molecule has 24 heavy (non-hydrogen) atoms. The molecule has 3 N–H and O–H groups in total. The van der Waals surface area contributed by atoms with Crippen LogP contribution in [0.15, 0.2) is 18.2 Å². The Labute approximate surface area is 144 Å². The van der Waals surface area contributed by atoms with E-state index in [0.29, 0.717) is 19.1 Å². The molecule has 0 saturated heterocycles. The Bertz CT molecular complexity index is 539. The van der Waals surface area contributed by atoms with Gasteiger partial charge in [0, 0.05) is 17.8 Å². The zero-order valence-corrected chi connectivity index (χ0v) is 15.0. The number of nitrogens with one attached hydrogen (secondary N) is 2. The number of hydrogen-bond acceptors (Lipinski definition) is 3. The molecule has 0 aliphatic heterocycles. The highest BCUT2D eigenvalue weighted by Gasteiger charge is 2.18. The zero-order chi connectivity index (χ0) is 17.5. The number of anilines is 1. The van der Waals surface area contributed by atoms with Crippen molar-refractivity contribution in [1.29, 1.82) is 0 Å². The van der Waals surface area contributed by atoms with E-state index in [9.17, 15) is 9.90 Å². The monoisotopic (exact) mass is 334 g/mol. The van der Waals surface area contributed by atoms with Crippen LogP contribution in [0.2, 0.25) is 0 Å². The quantitative estimate of drug-likeness (QED) is 0.709. The molecule has 0 spiro atoms. The van der Waals surface area contributed by atoms with E-state index in [0.717, 1.165) is 29.8 Å². The summed E-state index contributed by atoms with van der Waals surface area (Å²) < 4.78 is 6.07. The first kappa shape index (κ1) is 18.6. The zero-order valence-electron chi connectivity index (χ0n) is 15.0. The highest BCUT2D eigenvalue weighted by atomic mass is 16.5. The molecule has 0 radical (unpaired) electrons. The molecule has 1 aliphatic carbocycles. The van der Waals surface area contributed by atoms with Gasteiger partial charge >= 0.3 is 6.03 Å². The van der Waals surface area contributed by atoms with E-state index in [4.69, 9.17) is 4.74 Å². The molecule has 1 aromatic carbocycles. The lowest BCUT2D eigenvalue weighted by atomic mass is 10.1. The number of hydrogen-bond donors (Lipinski definition) is 3. The Morgan fingerprint density at radius 2 is 2.04 bits per heavy atom. The molecule has 134 valence electrons. The van der Waals surface area contributed by atoms with Crippen molar-refractivity contribution in [3.05, 3.63) is 23.8 Å². The molecule has 1 aromatic rings. The Kier molecular flexibility index (Phi) is 6.91. The summed E-state index contributed by atoms with van der Waals surface area (Å²) in [5, 5.41) is 15.1. The summed E-state index contributed by atoms with van der Waals surface area (Å²) in [4.78, 5) is 12.1. The first-order valence-corrected chi connectivity index (χ1v) is 8.95. The number of aliphatic hydroxyl groups is 1. The predicted molar refractivity (Wildman–Crippen MR) is 96.5 cm³/mol. The molecule has 2 atom stereocenters. The van der Waals surface area contributed by atoms with Crippen molar-refractivity contribution in [3.63, 3.8) is 0 Å². The third-order valence-corrected chi connectivity index (χ3v) is 4.48. The van der Waals surface area contributed by atoms with Crippen molar-refractivity contribution < 1.29 is 14.6 Å². The van der Waals surface area contributed by atoms with Gasteiger partial charge in [0.05, 0.1) is 12.2 Å². The second-order valence-electron chi connectivity index (χ2n) is 6.98. The minimum atomic E-state index is -0.350. The number of urea groups is 1. The first-order valence-electron chi connectivity index (χ1n) is 8.95. The molecule has 2 rings (SSSR count). The van der Waals surface area contributed by atoms with Crippen LogP contribution >= 0.6 is 0 Å². The number of rotatable bonds is 7. The molecule has 1 saturated carbocycles. The van der Waals surface area contributed by atoms with Crippen LogP contribution in [0.25, 0.3) is 0 Å². The molecule has 5 nitrogen and oxygen atoms in total. The van der Waals surface area contributed by atoms with Crippen molar-refractivity contribution >= 4 is 11.7 Å². The molecule has 1 fully saturated rings. The summed E-state index contributed by atoms with van der Waals surface area (Å²) in [5.74, 6) is 1.08. The molecule has 0 bridgehead atoms. The highest BCUT2D eigenvalue weighted by Crippen LogP contribution is 2.30. The summed E-state index contributed by atoms with van der Waals surface area (Å²) in [6.45, 7) is 6.27. The average Bonchev–Trinajstić information content (AvgIpc) is 3.02. The lowest BCUT2D eigenvalue weighted by Gasteiger charge is -2.18. The minimum Gasteiger partial charge on any atom is -0.490 e. The van der Waals surface area contributed by atoms with E-state index in [1.807, 2.05) is 32.0 Å². The van der Waals surface area contributed by atoms with Gasteiger partial charge in [-0.3, -0.25) is 0 Å². The average molecular weight is 334 g/mol. The van der Waals surface area contributed by atoms with Crippen molar-refractivity contribution in [2.24, 2.45) is 5.92 Å². The van der Waals surface area contributed by atoms with E-state index < -0.39 is 0 Å². The smallest absolute Gasteiger partial charge is 0.319 e. The Morgan fingerprint density at radius 3 is 2.71 bits per heavy atom. The van der Waals surface area contributed by atoms with Gasteiger partial charge in [-0.1, -0.05) is 13.0 Å². The van der Waals surface area contributed by atoms with Crippen LogP contribution in [0.3, 0.4) is 0 Å². The first-order chi connectivity index (χ1) is 11.5. The molecule has 0 unspecified atom stereocenters. The lowest BCUT2D eigenvalue weighted by Crippen LogP contribution is -2.33. The van der Waals surface area contributed by atoms with Crippen LogP contribution in [0, 0.1) is 12.8 Å². The van der Waals surface area contributed by atoms with Gasteiger partial charge in [0.1, 0.15) is 5.75 Å². The Hall–Kier alpha value is -1.75. The maximum atomic E-state index is 12.1. The number of ether oxygens (including phenoxy) is 1. The van der Waals surface area contributed by atoms with E-state index in [2.05, 4.69) is 10.6 Å². The van der Waals surface area contributed by atoms with Crippen molar-refractivity contribution in [1.82, 2.24) is 5.32 Å². The molecule has 0 aromatic heterocycles. The summed E-state index contributed by atoms with van der Waals surface area (Å²) in [6, 6.07) is 5.52. The van der Waals surface area contributed by atoms with Gasteiger partial charge in [0.15, 0.2) is 0 Å². The summed E-state index contributed by atoms with van der Waals surface area (Å²) >= 11 is 0. The van der Waals surface area contributed by atoms with E-state index in [1.54, 1.807) is 6.92 Å². The van der Waals surface area contributed by atoms with Crippen molar-refractivity contribution in [2.45, 2.75) is 65.1 Å². The molecule has 1 aliphatic rings. The minimum absolute atomic E-state index is 0.228. The van der Waals surface area contributed by atoms with E-state index in [1.165, 1.54) is 12.8 Å². The maximum Gasteiger partial charge on any atom is 0.319 e. The fourth-order valence-corrected chi connectivity index (χ4v) is 3.16. The maximum absolute atomic E-state index is 12.1. The van der Waals surface area contributed by atoms with E-state index >= 15 is 0 Å². The third kappa shape index (κ3) is 5.71. The standard InChI is InChI=1S/C19H30N2O3/c1-13(11-14(2)22)12-20-19(23)21-17-9-6-10-18(15(17)3)24-16-7-4-5-8-16/h6,9-10,13-14,16,22H,4-5,7-8,11-12H2,1-3H3,(H2,20,21,23)/t13-,14-/m0/s1. The van der Waals surface area contributed by atoms with Gasteiger partial charge in [-0.05, 0) is 64.0 Å². The van der Waals surface area contributed by atoms with Gasteiger partial charge in [-0.2, -0.15) is 0 Å². The molecular formula is C19H30N2O3. The molecular weight excluding hydrogens is 304 g/mol. The topological polar surface area (TPSA) is 70.6 Å². The van der Waals surface area contributed by atoms with Crippen molar-refractivity contribution in [2.75, 3.05) is 11.9 Å². The number of amides is 2. The SMILES string of the molecule is Cc1c(NC(=O)NC[C@@H](C)C[C@H](C)O)cccc1OC1CCCC1. The summed E-state index contributed by atoms with van der Waals surface area (Å²) in [7, 11) is 0. The fourth-order valence-electron chi connectivity index (χ4n) is 3.16. The molecule has 2 amide bonds. The number of aliphatic hydroxyl groups excluding tert-OH is 1. The van der Waals surface area contributed by atoms with Gasteiger partial charge in [0.2, 0.25) is 0 Å². The van der Waals surface area contributed by atoms with Crippen molar-refractivity contribution in [3.8, 4) is 5.75 Å². The predicted octanol–water partition coefficient (Wildman–Crippen LogP) is 3.84. The second-order valence-corrected chi connectivity index (χ2v) is 6.98. The molecule has 5 heteroatoms. The van der Waals surface area contributed by atoms with Crippen LogP contribution in [-0.4, -0.2) is 29.9 Å². The largest absolute Gasteiger partial charge is 0.490 e.